The molecular formula is C22H22N6OS3. The van der Waals surface area contributed by atoms with Crippen LogP contribution in [0.2, 0.25) is 0 Å². The topological polar surface area (TPSA) is 88.5 Å². The zero-order valence-electron chi connectivity index (χ0n) is 17.9. The standard InChI is InChI=1S/C22H22N6OS3/c1-5-11-28-18(26-27-22(28)30)16-12(3)24-21(32-16)25-19(29)17-13(4)23-20(31-17)15-9-7-14(6-2)8-10-15/h5,7-10H,1,6,11H2,2-4H3,(H,27,30)(H,24,25,29). The van der Waals surface area contributed by atoms with Gasteiger partial charge in [-0.1, -0.05) is 48.6 Å². The minimum Gasteiger partial charge on any atom is -0.297 e. The summed E-state index contributed by atoms with van der Waals surface area (Å²) in [6.45, 7) is 10.2. The molecule has 0 aliphatic heterocycles. The van der Waals surface area contributed by atoms with Crippen molar-refractivity contribution in [1.82, 2.24) is 24.7 Å². The fourth-order valence-corrected chi connectivity index (χ4v) is 5.35. The van der Waals surface area contributed by atoms with E-state index in [0.29, 0.717) is 32.8 Å². The number of nitrogens with one attached hydrogen (secondary N) is 2. The summed E-state index contributed by atoms with van der Waals surface area (Å²) >= 11 is 8.04. The van der Waals surface area contributed by atoms with Gasteiger partial charge in [0.05, 0.1) is 16.3 Å². The number of aromatic amines is 1. The number of carbonyl (C=O) groups excluding carboxylic acids is 1. The molecule has 3 aromatic heterocycles. The Morgan fingerprint density at radius 2 is 1.97 bits per heavy atom. The number of anilines is 1. The number of thiazole rings is 2. The van der Waals surface area contributed by atoms with Crippen molar-refractivity contribution < 1.29 is 4.79 Å². The number of aryl methyl sites for hydroxylation is 3. The van der Waals surface area contributed by atoms with E-state index < -0.39 is 0 Å². The quantitative estimate of drug-likeness (QED) is 0.256. The highest BCUT2D eigenvalue weighted by Gasteiger charge is 2.20. The highest BCUT2D eigenvalue weighted by Crippen LogP contribution is 2.33. The number of aromatic nitrogens is 5. The van der Waals surface area contributed by atoms with E-state index in [2.05, 4.69) is 51.1 Å². The van der Waals surface area contributed by atoms with Crippen LogP contribution >= 0.6 is 34.9 Å². The number of hydrogen-bond donors (Lipinski definition) is 2. The Hall–Kier alpha value is -2.95. The molecule has 0 spiro atoms. The van der Waals surface area contributed by atoms with Crippen molar-refractivity contribution in [2.75, 3.05) is 5.32 Å². The van der Waals surface area contributed by atoms with Gasteiger partial charge in [0.1, 0.15) is 9.88 Å². The molecule has 2 N–H and O–H groups in total. The lowest BCUT2D eigenvalue weighted by molar-refractivity contribution is 0.103. The van der Waals surface area contributed by atoms with E-state index in [1.54, 1.807) is 6.08 Å². The van der Waals surface area contributed by atoms with Crippen molar-refractivity contribution in [2.45, 2.75) is 33.7 Å². The van der Waals surface area contributed by atoms with Crippen LogP contribution in [0.25, 0.3) is 21.3 Å². The van der Waals surface area contributed by atoms with E-state index in [9.17, 15) is 4.79 Å². The smallest absolute Gasteiger partial charge is 0.269 e. The summed E-state index contributed by atoms with van der Waals surface area (Å²) in [4.78, 5) is 23.5. The normalized spacial score (nSPS) is 11.0. The first-order valence-corrected chi connectivity index (χ1v) is 12.1. The summed E-state index contributed by atoms with van der Waals surface area (Å²) in [6, 6.07) is 8.28. The Balaban J connectivity index is 1.58. The zero-order valence-corrected chi connectivity index (χ0v) is 20.4. The van der Waals surface area contributed by atoms with E-state index in [1.807, 2.05) is 30.5 Å². The van der Waals surface area contributed by atoms with Crippen LogP contribution in [0.3, 0.4) is 0 Å². The fraction of sp³-hybridized carbons (Fsp3) is 0.227. The average Bonchev–Trinajstić information content (AvgIpc) is 3.45. The van der Waals surface area contributed by atoms with Gasteiger partial charge in [-0.25, -0.2) is 9.97 Å². The van der Waals surface area contributed by atoms with Gasteiger partial charge < -0.3 is 0 Å². The molecule has 0 bridgehead atoms. The third kappa shape index (κ3) is 4.34. The number of nitrogens with zero attached hydrogens (tertiary/aromatic N) is 4. The molecule has 4 rings (SSSR count). The van der Waals surface area contributed by atoms with Crippen LogP contribution in [-0.2, 0) is 13.0 Å². The second kappa shape index (κ2) is 9.27. The molecule has 0 saturated carbocycles. The van der Waals surface area contributed by atoms with E-state index in [-0.39, 0.29) is 5.91 Å². The monoisotopic (exact) mass is 482 g/mol. The van der Waals surface area contributed by atoms with Gasteiger partial charge in [-0.05, 0) is 38.0 Å². The summed E-state index contributed by atoms with van der Waals surface area (Å²) in [5, 5.41) is 11.4. The number of carbonyl (C=O) groups is 1. The number of rotatable bonds is 7. The molecule has 32 heavy (non-hydrogen) atoms. The molecule has 0 aliphatic carbocycles. The van der Waals surface area contributed by atoms with E-state index >= 15 is 0 Å². The van der Waals surface area contributed by atoms with Crippen molar-refractivity contribution in [3.05, 3.63) is 63.5 Å². The van der Waals surface area contributed by atoms with Gasteiger partial charge >= 0.3 is 0 Å². The molecule has 3 heterocycles. The second-order valence-corrected chi connectivity index (χ2v) is 9.51. The molecule has 1 amide bonds. The molecule has 7 nitrogen and oxygen atoms in total. The van der Waals surface area contributed by atoms with Crippen LogP contribution in [-0.4, -0.2) is 30.6 Å². The van der Waals surface area contributed by atoms with Crippen LogP contribution in [0.5, 0.6) is 0 Å². The molecule has 0 saturated heterocycles. The molecular weight excluding hydrogens is 460 g/mol. The Morgan fingerprint density at radius 1 is 1.22 bits per heavy atom. The Bertz CT molecular complexity index is 1340. The lowest BCUT2D eigenvalue weighted by Crippen LogP contribution is -2.11. The first-order chi connectivity index (χ1) is 15.4. The van der Waals surface area contributed by atoms with Gasteiger partial charge in [0.2, 0.25) is 0 Å². The summed E-state index contributed by atoms with van der Waals surface area (Å²) in [7, 11) is 0. The lowest BCUT2D eigenvalue weighted by Gasteiger charge is -2.01. The van der Waals surface area contributed by atoms with Crippen LogP contribution in [0.4, 0.5) is 5.13 Å². The molecule has 164 valence electrons. The van der Waals surface area contributed by atoms with Gasteiger partial charge in [0.15, 0.2) is 15.7 Å². The predicted octanol–water partition coefficient (Wildman–Crippen LogP) is 5.81. The SMILES string of the molecule is C=CCn1c(-c2sc(NC(=O)c3sc(-c4ccc(CC)cc4)nc3C)nc2C)n[nH]c1=S. The second-order valence-electron chi connectivity index (χ2n) is 7.12. The van der Waals surface area contributed by atoms with Crippen LogP contribution in [0.15, 0.2) is 36.9 Å². The van der Waals surface area contributed by atoms with Crippen molar-refractivity contribution >= 4 is 45.9 Å². The van der Waals surface area contributed by atoms with E-state index in [0.717, 1.165) is 27.6 Å². The van der Waals surface area contributed by atoms with Crippen molar-refractivity contribution in [1.29, 1.82) is 0 Å². The summed E-state index contributed by atoms with van der Waals surface area (Å²) in [5.41, 5.74) is 3.74. The number of allylic oxidation sites excluding steroid dienone is 1. The van der Waals surface area contributed by atoms with E-state index in [1.165, 1.54) is 28.2 Å². The van der Waals surface area contributed by atoms with Gasteiger partial charge in [-0.3, -0.25) is 19.8 Å². The molecule has 0 radical (unpaired) electrons. The van der Waals surface area contributed by atoms with Gasteiger partial charge in [0.25, 0.3) is 5.91 Å². The maximum atomic E-state index is 13.0. The third-order valence-electron chi connectivity index (χ3n) is 4.90. The molecule has 0 atom stereocenters. The number of hydrogen-bond acceptors (Lipinski definition) is 7. The maximum Gasteiger partial charge on any atom is 0.269 e. The molecule has 0 fully saturated rings. The summed E-state index contributed by atoms with van der Waals surface area (Å²) in [6.07, 6.45) is 2.74. The van der Waals surface area contributed by atoms with Gasteiger partial charge in [-0.2, -0.15) is 5.10 Å². The zero-order chi connectivity index (χ0) is 22.8. The Labute approximate surface area is 198 Å². The number of benzene rings is 1. The average molecular weight is 483 g/mol. The van der Waals surface area contributed by atoms with Crippen LogP contribution < -0.4 is 5.32 Å². The third-order valence-corrected chi connectivity index (χ3v) is 7.49. The highest BCUT2D eigenvalue weighted by molar-refractivity contribution is 7.71. The number of amides is 1. The number of H-pyrrole nitrogens is 1. The van der Waals surface area contributed by atoms with Crippen molar-refractivity contribution in [3.8, 4) is 21.3 Å². The molecule has 4 aromatic rings. The Kier molecular flexibility index (Phi) is 6.45. The summed E-state index contributed by atoms with van der Waals surface area (Å²) < 4.78 is 2.36. The molecule has 1 aromatic carbocycles. The van der Waals surface area contributed by atoms with Gasteiger partial charge in [-0.15, -0.1) is 17.9 Å². The largest absolute Gasteiger partial charge is 0.297 e. The minimum atomic E-state index is -0.221. The van der Waals surface area contributed by atoms with Crippen molar-refractivity contribution in [3.63, 3.8) is 0 Å². The molecule has 10 heteroatoms. The van der Waals surface area contributed by atoms with Crippen molar-refractivity contribution in [2.24, 2.45) is 0 Å². The molecule has 0 unspecified atom stereocenters. The predicted molar refractivity (Wildman–Crippen MR) is 133 cm³/mol. The van der Waals surface area contributed by atoms with Crippen LogP contribution in [0.1, 0.15) is 33.5 Å². The lowest BCUT2D eigenvalue weighted by atomic mass is 10.1. The minimum absolute atomic E-state index is 0.221. The Morgan fingerprint density at radius 3 is 2.66 bits per heavy atom. The molecule has 0 aliphatic rings. The fourth-order valence-electron chi connectivity index (χ4n) is 3.21. The first-order valence-electron chi connectivity index (χ1n) is 10.0. The first kappa shape index (κ1) is 22.3. The maximum absolute atomic E-state index is 13.0. The summed E-state index contributed by atoms with van der Waals surface area (Å²) in [5.74, 6) is 0.457. The highest BCUT2D eigenvalue weighted by atomic mass is 32.1. The van der Waals surface area contributed by atoms with E-state index in [4.69, 9.17) is 12.2 Å². The van der Waals surface area contributed by atoms with Gasteiger partial charge in [0, 0.05) is 12.1 Å². The van der Waals surface area contributed by atoms with Crippen LogP contribution in [0, 0.1) is 18.6 Å².